The van der Waals surface area contributed by atoms with Crippen LogP contribution >= 0.6 is 0 Å². The molecular formula is C21H21N3O5. The zero-order chi connectivity index (χ0) is 20.1. The Hall–Kier alpha value is -3.29. The minimum Gasteiger partial charge on any atom is -0.454 e. The summed E-state index contributed by atoms with van der Waals surface area (Å²) in [6, 6.07) is 7.15. The number of hydrogen-bond acceptors (Lipinski definition) is 5. The molecule has 3 aliphatic rings. The molecule has 29 heavy (non-hydrogen) atoms. The third-order valence-electron chi connectivity index (χ3n) is 5.96. The van der Waals surface area contributed by atoms with E-state index >= 15 is 0 Å². The molecule has 0 unspecified atom stereocenters. The van der Waals surface area contributed by atoms with Gasteiger partial charge in [0.1, 0.15) is 5.56 Å². The van der Waals surface area contributed by atoms with Crippen molar-refractivity contribution in [2.24, 2.45) is 5.92 Å². The lowest BCUT2D eigenvalue weighted by Crippen LogP contribution is -2.48. The number of piperidine rings is 1. The maximum atomic E-state index is 13.2. The van der Waals surface area contributed by atoms with Crippen LogP contribution < -0.4 is 20.3 Å². The number of nitrogens with zero attached hydrogens (tertiary/aromatic N) is 2. The van der Waals surface area contributed by atoms with Gasteiger partial charge in [0.05, 0.1) is 5.69 Å². The Labute approximate surface area is 167 Å². The molecule has 2 atom stereocenters. The van der Waals surface area contributed by atoms with Crippen LogP contribution in [-0.4, -0.2) is 47.2 Å². The van der Waals surface area contributed by atoms with Crippen molar-refractivity contribution in [3.63, 3.8) is 0 Å². The van der Waals surface area contributed by atoms with E-state index in [4.69, 9.17) is 9.47 Å². The van der Waals surface area contributed by atoms with Gasteiger partial charge in [-0.3, -0.25) is 19.0 Å². The number of ether oxygens (including phenoxy) is 2. The molecule has 2 saturated heterocycles. The van der Waals surface area contributed by atoms with Crippen LogP contribution in [0.4, 0.5) is 0 Å². The monoisotopic (exact) mass is 395 g/mol. The van der Waals surface area contributed by atoms with E-state index in [2.05, 4.69) is 5.32 Å². The minimum atomic E-state index is -0.364. The number of fused-ring (bicyclic) bond motifs is 2. The Bertz CT molecular complexity index is 1080. The van der Waals surface area contributed by atoms with Crippen LogP contribution in [-0.2, 0) is 4.79 Å². The summed E-state index contributed by atoms with van der Waals surface area (Å²) in [4.78, 5) is 39.8. The van der Waals surface area contributed by atoms with E-state index < -0.39 is 0 Å². The summed E-state index contributed by atoms with van der Waals surface area (Å²) in [7, 11) is 0. The predicted molar refractivity (Wildman–Crippen MR) is 103 cm³/mol. The van der Waals surface area contributed by atoms with Gasteiger partial charge in [-0.05, 0) is 37.1 Å². The summed E-state index contributed by atoms with van der Waals surface area (Å²) in [5.74, 6) is 1.08. The van der Waals surface area contributed by atoms with Gasteiger partial charge >= 0.3 is 0 Å². The van der Waals surface area contributed by atoms with Crippen molar-refractivity contribution >= 4 is 11.8 Å². The number of hydrogen-bond donors (Lipinski definition) is 1. The summed E-state index contributed by atoms with van der Waals surface area (Å²) < 4.78 is 12.2. The Morgan fingerprint density at radius 2 is 2.00 bits per heavy atom. The van der Waals surface area contributed by atoms with Gasteiger partial charge in [0, 0.05) is 43.7 Å². The van der Waals surface area contributed by atoms with Crippen LogP contribution in [0.15, 0.2) is 35.3 Å². The fourth-order valence-electron chi connectivity index (χ4n) is 4.40. The van der Waals surface area contributed by atoms with E-state index in [0.717, 1.165) is 0 Å². The van der Waals surface area contributed by atoms with E-state index in [9.17, 15) is 14.4 Å². The first-order chi connectivity index (χ1) is 14.0. The van der Waals surface area contributed by atoms with Crippen molar-refractivity contribution < 1.29 is 19.1 Å². The number of rotatable bonds is 2. The number of benzene rings is 1. The molecule has 0 bridgehead atoms. The SMILES string of the molecule is Cc1ccn(-c2ccc3c(c2)OCO3)c(=O)c1C(=O)N1CC[C@@H]2NC(=O)C[C@@H]2C1. The minimum absolute atomic E-state index is 0.0374. The average Bonchev–Trinajstić information content (AvgIpc) is 3.31. The van der Waals surface area contributed by atoms with Crippen LogP contribution in [0.5, 0.6) is 11.5 Å². The number of pyridine rings is 1. The largest absolute Gasteiger partial charge is 0.454 e. The first kappa shape index (κ1) is 17.8. The number of carbonyl (C=O) groups excluding carboxylic acids is 2. The summed E-state index contributed by atoms with van der Waals surface area (Å²) in [6.07, 6.45) is 2.81. The first-order valence-corrected chi connectivity index (χ1v) is 9.72. The van der Waals surface area contributed by atoms with Crippen LogP contribution in [0.25, 0.3) is 5.69 Å². The third kappa shape index (κ3) is 2.95. The number of aryl methyl sites for hydroxylation is 1. The Morgan fingerprint density at radius 3 is 2.86 bits per heavy atom. The number of nitrogens with one attached hydrogen (secondary N) is 1. The molecule has 8 nitrogen and oxygen atoms in total. The summed E-state index contributed by atoms with van der Waals surface area (Å²) >= 11 is 0. The molecule has 0 saturated carbocycles. The lowest BCUT2D eigenvalue weighted by atomic mass is 9.92. The fraction of sp³-hybridized carbons (Fsp3) is 0.381. The highest BCUT2D eigenvalue weighted by Gasteiger charge is 2.39. The van der Waals surface area contributed by atoms with E-state index in [1.807, 2.05) is 0 Å². The summed E-state index contributed by atoms with van der Waals surface area (Å²) in [6.45, 7) is 2.93. The summed E-state index contributed by atoms with van der Waals surface area (Å²) in [5.41, 5.74) is 1.05. The second-order valence-electron chi connectivity index (χ2n) is 7.76. The van der Waals surface area contributed by atoms with Crippen LogP contribution in [0.2, 0.25) is 0 Å². The smallest absolute Gasteiger partial charge is 0.268 e. The molecule has 4 heterocycles. The van der Waals surface area contributed by atoms with Gasteiger partial charge in [0.2, 0.25) is 12.7 Å². The summed E-state index contributed by atoms with van der Waals surface area (Å²) in [5, 5.41) is 2.96. The molecule has 3 aliphatic heterocycles. The molecule has 2 amide bonds. The molecule has 8 heteroatoms. The zero-order valence-electron chi connectivity index (χ0n) is 16.0. The van der Waals surface area contributed by atoms with E-state index in [1.54, 1.807) is 42.3 Å². The van der Waals surface area contributed by atoms with Crippen LogP contribution in [0.1, 0.15) is 28.8 Å². The Balaban J connectivity index is 1.47. The standard InChI is InChI=1S/C21H21N3O5/c1-12-4-7-24(14-2-3-16-17(9-14)29-11-28-16)21(27)19(12)20(26)23-6-5-15-13(10-23)8-18(25)22-15/h2-4,7,9,13,15H,5-6,8,10-11H2,1H3,(H,22,25)/t13-,15+/m1/s1. The maximum absolute atomic E-state index is 13.2. The van der Waals surface area contributed by atoms with Crippen molar-refractivity contribution in [1.29, 1.82) is 0 Å². The van der Waals surface area contributed by atoms with E-state index in [-0.39, 0.29) is 41.7 Å². The third-order valence-corrected chi connectivity index (χ3v) is 5.96. The van der Waals surface area contributed by atoms with Gasteiger partial charge in [-0.15, -0.1) is 0 Å². The second-order valence-corrected chi connectivity index (χ2v) is 7.76. The van der Waals surface area contributed by atoms with Gasteiger partial charge < -0.3 is 19.7 Å². The van der Waals surface area contributed by atoms with Crippen molar-refractivity contribution in [2.45, 2.75) is 25.8 Å². The van der Waals surface area contributed by atoms with Crippen LogP contribution in [0, 0.1) is 12.8 Å². The topological polar surface area (TPSA) is 89.9 Å². The molecule has 150 valence electrons. The Morgan fingerprint density at radius 1 is 1.17 bits per heavy atom. The molecule has 1 N–H and O–H groups in total. The van der Waals surface area contributed by atoms with Crippen molar-refractivity contribution in [2.75, 3.05) is 19.9 Å². The molecule has 2 aromatic rings. The highest BCUT2D eigenvalue weighted by molar-refractivity contribution is 5.95. The normalized spacial score (nSPS) is 22.4. The quantitative estimate of drug-likeness (QED) is 0.826. The molecule has 0 aliphatic carbocycles. The highest BCUT2D eigenvalue weighted by atomic mass is 16.7. The molecule has 0 spiro atoms. The van der Waals surface area contributed by atoms with Crippen molar-refractivity contribution in [3.05, 3.63) is 51.9 Å². The lowest BCUT2D eigenvalue weighted by Gasteiger charge is -2.34. The second kappa shape index (κ2) is 6.65. The maximum Gasteiger partial charge on any atom is 0.268 e. The molecule has 1 aromatic heterocycles. The number of amides is 2. The lowest BCUT2D eigenvalue weighted by molar-refractivity contribution is -0.119. The average molecular weight is 395 g/mol. The Kier molecular flexibility index (Phi) is 4.08. The van der Waals surface area contributed by atoms with Gasteiger partial charge in [-0.2, -0.15) is 0 Å². The van der Waals surface area contributed by atoms with Crippen LogP contribution in [0.3, 0.4) is 0 Å². The van der Waals surface area contributed by atoms with E-state index in [0.29, 0.717) is 48.7 Å². The number of likely N-dealkylation sites (tertiary alicyclic amines) is 1. The molecule has 2 fully saturated rings. The first-order valence-electron chi connectivity index (χ1n) is 9.72. The molecular weight excluding hydrogens is 374 g/mol. The highest BCUT2D eigenvalue weighted by Crippen LogP contribution is 2.33. The molecule has 5 rings (SSSR count). The van der Waals surface area contributed by atoms with Gasteiger partial charge in [-0.25, -0.2) is 0 Å². The number of aromatic nitrogens is 1. The van der Waals surface area contributed by atoms with Gasteiger partial charge in [0.15, 0.2) is 11.5 Å². The molecule has 0 radical (unpaired) electrons. The van der Waals surface area contributed by atoms with Gasteiger partial charge in [0.25, 0.3) is 11.5 Å². The predicted octanol–water partition coefficient (Wildman–Crippen LogP) is 1.23. The van der Waals surface area contributed by atoms with E-state index in [1.165, 1.54) is 4.57 Å². The van der Waals surface area contributed by atoms with Crippen molar-refractivity contribution in [1.82, 2.24) is 14.8 Å². The molecule has 1 aromatic carbocycles. The van der Waals surface area contributed by atoms with Crippen molar-refractivity contribution in [3.8, 4) is 17.2 Å². The number of carbonyl (C=O) groups is 2. The zero-order valence-corrected chi connectivity index (χ0v) is 16.0. The van der Waals surface area contributed by atoms with Gasteiger partial charge in [-0.1, -0.05) is 0 Å². The fourth-order valence-corrected chi connectivity index (χ4v) is 4.40.